The minimum Gasteiger partial charge on any atom is -0.481 e. The Kier molecular flexibility index (Phi) is 4.29. The van der Waals surface area contributed by atoms with Gasteiger partial charge in [-0.3, -0.25) is 4.79 Å². The number of hydrogen-bond donors (Lipinski definition) is 1. The van der Waals surface area contributed by atoms with Crippen molar-refractivity contribution < 1.29 is 14.3 Å². The van der Waals surface area contributed by atoms with E-state index in [9.17, 15) is 9.18 Å². The fourth-order valence-corrected chi connectivity index (χ4v) is 3.79. The molecule has 2 nitrogen and oxygen atoms in total. The first-order chi connectivity index (χ1) is 8.54. The Balaban J connectivity index is 1.33. The summed E-state index contributed by atoms with van der Waals surface area (Å²) in [7, 11) is 0. The lowest BCUT2D eigenvalue weighted by Crippen LogP contribution is -2.64. The van der Waals surface area contributed by atoms with Crippen LogP contribution in [0, 0.1) is 5.41 Å². The molecule has 3 saturated carbocycles. The predicted octanol–water partition coefficient (Wildman–Crippen LogP) is 4.47. The molecule has 0 unspecified atom stereocenters. The first kappa shape index (κ1) is 13.8. The summed E-state index contributed by atoms with van der Waals surface area (Å²) >= 11 is 0. The number of hydrogen-bond acceptors (Lipinski definition) is 1. The van der Waals surface area contributed by atoms with Crippen molar-refractivity contribution in [1.82, 2.24) is 0 Å². The third-order valence-electron chi connectivity index (χ3n) is 4.67. The summed E-state index contributed by atoms with van der Waals surface area (Å²) in [6.07, 6.45) is 12.1. The van der Waals surface area contributed by atoms with E-state index in [4.69, 9.17) is 5.11 Å². The Morgan fingerprint density at radius 1 is 0.944 bits per heavy atom. The minimum absolute atomic E-state index is 0.313. The van der Waals surface area contributed by atoms with E-state index in [1.807, 2.05) is 0 Å². The Morgan fingerprint density at radius 3 is 1.94 bits per heavy atom. The molecule has 1 N–H and O–H groups in total. The molecule has 104 valence electrons. The molecule has 0 amide bonds. The average molecular weight is 256 g/mol. The van der Waals surface area contributed by atoms with Crippen molar-refractivity contribution in [3.8, 4) is 0 Å². The summed E-state index contributed by atoms with van der Waals surface area (Å²) in [4.78, 5) is 10.3. The topological polar surface area (TPSA) is 37.3 Å². The maximum atomic E-state index is 13.3. The van der Waals surface area contributed by atoms with Crippen LogP contribution in [0.2, 0.25) is 0 Å². The highest BCUT2D eigenvalue weighted by Crippen LogP contribution is 2.71. The van der Waals surface area contributed by atoms with Gasteiger partial charge >= 0.3 is 5.97 Å². The Bertz CT molecular complexity index is 281. The van der Waals surface area contributed by atoms with E-state index in [1.54, 1.807) is 0 Å². The van der Waals surface area contributed by atoms with Crippen molar-refractivity contribution in [2.24, 2.45) is 5.41 Å². The number of alkyl halides is 1. The third kappa shape index (κ3) is 3.46. The van der Waals surface area contributed by atoms with E-state index in [1.165, 1.54) is 32.1 Å². The van der Waals surface area contributed by atoms with Crippen LogP contribution in [-0.4, -0.2) is 16.7 Å². The van der Waals surface area contributed by atoms with E-state index in [0.717, 1.165) is 38.5 Å². The van der Waals surface area contributed by atoms with Gasteiger partial charge in [-0.05, 0) is 37.5 Å². The Labute approximate surface area is 109 Å². The van der Waals surface area contributed by atoms with Crippen LogP contribution in [0.15, 0.2) is 0 Å². The normalized spacial score (nSPS) is 32.7. The summed E-state index contributed by atoms with van der Waals surface area (Å²) < 4.78 is 13.3. The summed E-state index contributed by atoms with van der Waals surface area (Å²) in [6, 6.07) is 0. The molecule has 3 aliphatic carbocycles. The zero-order chi connectivity index (χ0) is 13.1. The van der Waals surface area contributed by atoms with Gasteiger partial charge in [-0.15, -0.1) is 0 Å². The number of carboxylic acids is 1. The maximum absolute atomic E-state index is 13.3. The highest BCUT2D eigenvalue weighted by atomic mass is 19.1. The van der Waals surface area contributed by atoms with Crippen molar-refractivity contribution in [1.29, 1.82) is 0 Å². The number of carboxylic acid groups (broad SMARTS) is 1. The molecule has 3 fully saturated rings. The van der Waals surface area contributed by atoms with E-state index in [-0.39, 0.29) is 0 Å². The lowest BCUT2D eigenvalue weighted by molar-refractivity contribution is -0.217. The molecule has 3 heteroatoms. The first-order valence-electron chi connectivity index (χ1n) is 7.45. The number of halogens is 1. The monoisotopic (exact) mass is 256 g/mol. The van der Waals surface area contributed by atoms with Crippen molar-refractivity contribution in [3.63, 3.8) is 0 Å². The second-order valence-electron chi connectivity index (χ2n) is 6.55. The molecule has 0 atom stereocenters. The van der Waals surface area contributed by atoms with Gasteiger partial charge in [0.15, 0.2) is 0 Å². The summed E-state index contributed by atoms with van der Waals surface area (Å²) in [5.41, 5.74) is -0.305. The minimum atomic E-state index is -0.732. The molecule has 0 aliphatic heterocycles. The van der Waals surface area contributed by atoms with Crippen LogP contribution in [-0.2, 0) is 4.79 Å². The second-order valence-corrected chi connectivity index (χ2v) is 6.55. The van der Waals surface area contributed by atoms with Crippen molar-refractivity contribution in [2.75, 3.05) is 0 Å². The molecule has 18 heavy (non-hydrogen) atoms. The number of carbonyl (C=O) groups is 1. The molecular formula is C15H25FO2. The Hall–Kier alpha value is -0.600. The number of rotatable bonds is 10. The van der Waals surface area contributed by atoms with E-state index < -0.39 is 11.6 Å². The molecule has 3 aliphatic rings. The summed E-state index contributed by atoms with van der Waals surface area (Å²) in [5, 5.41) is 8.49. The zero-order valence-corrected chi connectivity index (χ0v) is 11.2. The highest BCUT2D eigenvalue weighted by molar-refractivity contribution is 5.66. The van der Waals surface area contributed by atoms with E-state index in [2.05, 4.69) is 0 Å². The molecular weight excluding hydrogens is 231 g/mol. The maximum Gasteiger partial charge on any atom is 0.303 e. The lowest BCUT2D eigenvalue weighted by Gasteiger charge is -2.66. The van der Waals surface area contributed by atoms with Crippen LogP contribution in [0.5, 0.6) is 0 Å². The van der Waals surface area contributed by atoms with Crippen molar-refractivity contribution in [3.05, 3.63) is 0 Å². The van der Waals surface area contributed by atoms with Gasteiger partial charge in [0.1, 0.15) is 5.67 Å². The molecule has 0 heterocycles. The lowest BCUT2D eigenvalue weighted by atomic mass is 9.41. The SMILES string of the molecule is O=C(O)CCCCCCCCCC12CC(F)(C1)C2. The summed E-state index contributed by atoms with van der Waals surface area (Å²) in [6.45, 7) is 0. The van der Waals surface area contributed by atoms with Crippen molar-refractivity contribution >= 4 is 5.97 Å². The molecule has 0 saturated heterocycles. The van der Waals surface area contributed by atoms with Gasteiger partial charge in [0, 0.05) is 6.42 Å². The average Bonchev–Trinajstić information content (AvgIpc) is 2.22. The fraction of sp³-hybridized carbons (Fsp3) is 0.933. The zero-order valence-electron chi connectivity index (χ0n) is 11.2. The van der Waals surface area contributed by atoms with Gasteiger partial charge in [0.25, 0.3) is 0 Å². The van der Waals surface area contributed by atoms with Gasteiger partial charge < -0.3 is 5.11 Å². The predicted molar refractivity (Wildman–Crippen MR) is 69.3 cm³/mol. The van der Waals surface area contributed by atoms with Crippen LogP contribution in [0.1, 0.15) is 77.0 Å². The van der Waals surface area contributed by atoms with Crippen LogP contribution in [0.4, 0.5) is 4.39 Å². The van der Waals surface area contributed by atoms with Gasteiger partial charge in [0.2, 0.25) is 0 Å². The number of unbranched alkanes of at least 4 members (excludes halogenated alkanes) is 6. The van der Waals surface area contributed by atoms with Gasteiger partial charge in [-0.2, -0.15) is 0 Å². The van der Waals surface area contributed by atoms with Crippen LogP contribution in [0.3, 0.4) is 0 Å². The molecule has 2 bridgehead atoms. The molecule has 3 rings (SSSR count). The largest absolute Gasteiger partial charge is 0.481 e. The van der Waals surface area contributed by atoms with E-state index >= 15 is 0 Å². The van der Waals surface area contributed by atoms with Crippen LogP contribution in [0.25, 0.3) is 0 Å². The molecule has 0 spiro atoms. The van der Waals surface area contributed by atoms with Crippen LogP contribution < -0.4 is 0 Å². The quantitative estimate of drug-likeness (QED) is 0.585. The molecule has 0 aromatic rings. The first-order valence-corrected chi connectivity index (χ1v) is 7.45. The fourth-order valence-electron chi connectivity index (χ4n) is 3.79. The second kappa shape index (κ2) is 5.58. The summed E-state index contributed by atoms with van der Waals surface area (Å²) in [5.74, 6) is -0.681. The smallest absolute Gasteiger partial charge is 0.303 e. The molecule has 0 aromatic heterocycles. The standard InChI is InChI=1S/C15H25FO2/c16-15-10-14(11-15,12-15)9-7-5-3-1-2-4-6-8-13(17)18/h1-12H2,(H,17,18). The van der Waals surface area contributed by atoms with Gasteiger partial charge in [0.05, 0.1) is 0 Å². The van der Waals surface area contributed by atoms with Gasteiger partial charge in [-0.1, -0.05) is 38.5 Å². The third-order valence-corrected chi connectivity index (χ3v) is 4.67. The van der Waals surface area contributed by atoms with Gasteiger partial charge in [-0.25, -0.2) is 4.39 Å². The van der Waals surface area contributed by atoms with Crippen molar-refractivity contribution in [2.45, 2.75) is 82.7 Å². The molecule has 0 radical (unpaired) electrons. The highest BCUT2D eigenvalue weighted by Gasteiger charge is 2.68. The van der Waals surface area contributed by atoms with E-state index in [0.29, 0.717) is 11.8 Å². The van der Waals surface area contributed by atoms with Crippen LogP contribution >= 0.6 is 0 Å². The Morgan fingerprint density at radius 2 is 1.44 bits per heavy atom. The number of aliphatic carboxylic acids is 1. The molecule has 0 aromatic carbocycles.